The van der Waals surface area contributed by atoms with Crippen molar-refractivity contribution in [3.63, 3.8) is 0 Å². The topological polar surface area (TPSA) is 71.5 Å². The van der Waals surface area contributed by atoms with Gasteiger partial charge in [-0.15, -0.1) is 0 Å². The quantitative estimate of drug-likeness (QED) is 0.503. The molecule has 2 heterocycles. The van der Waals surface area contributed by atoms with Gasteiger partial charge in [0.25, 0.3) is 0 Å². The minimum absolute atomic E-state index is 0.0534. The van der Waals surface area contributed by atoms with E-state index < -0.39 is 5.60 Å². The van der Waals surface area contributed by atoms with Gasteiger partial charge in [0.1, 0.15) is 29.5 Å². The van der Waals surface area contributed by atoms with E-state index in [4.69, 9.17) is 14.2 Å². The molecule has 2 aromatic rings. The molecule has 0 spiro atoms. The number of carbonyl (C=O) groups excluding carboxylic acids is 1. The zero-order valence-electron chi connectivity index (χ0n) is 20.9. The van der Waals surface area contributed by atoms with Gasteiger partial charge in [0.2, 0.25) is 5.91 Å². The maximum atomic E-state index is 13.1. The Labute approximate surface area is 212 Å². The number of β-amino-alcohol motifs (C(OH)–C–C–N with tert-alkyl or cyclic N) is 1. The molecule has 4 rings (SSSR count). The van der Waals surface area contributed by atoms with E-state index in [0.29, 0.717) is 45.0 Å². The van der Waals surface area contributed by atoms with E-state index in [0.717, 1.165) is 50.1 Å². The molecule has 1 amide bonds. The molecule has 2 aromatic carbocycles. The summed E-state index contributed by atoms with van der Waals surface area (Å²) in [6.45, 7) is 4.62. The maximum Gasteiger partial charge on any atom is 0.222 e. The van der Waals surface area contributed by atoms with Gasteiger partial charge in [-0.1, -0.05) is 18.6 Å². The van der Waals surface area contributed by atoms with Crippen LogP contribution in [0, 0.1) is 5.82 Å². The predicted octanol–water partition coefficient (Wildman–Crippen LogP) is 3.64. The van der Waals surface area contributed by atoms with Crippen LogP contribution >= 0.6 is 0 Å². The first-order chi connectivity index (χ1) is 17.5. The molecule has 1 atom stereocenters. The highest BCUT2D eigenvalue weighted by Crippen LogP contribution is 2.21. The Morgan fingerprint density at radius 1 is 1.03 bits per heavy atom. The van der Waals surface area contributed by atoms with Crippen LogP contribution in [0.15, 0.2) is 48.5 Å². The summed E-state index contributed by atoms with van der Waals surface area (Å²) >= 11 is 0. The highest BCUT2D eigenvalue weighted by Gasteiger charge is 2.33. The number of carbonyl (C=O) groups is 1. The van der Waals surface area contributed by atoms with Crippen molar-refractivity contribution in [3.05, 3.63) is 59.9 Å². The molecule has 0 unspecified atom stereocenters. The third-order valence-electron chi connectivity index (χ3n) is 6.58. The predicted molar refractivity (Wildman–Crippen MR) is 135 cm³/mol. The number of likely N-dealkylation sites (tertiary alicyclic amines) is 1. The highest BCUT2D eigenvalue weighted by molar-refractivity contribution is 5.76. The molecule has 2 aliphatic heterocycles. The zero-order chi connectivity index (χ0) is 25.2. The number of nitrogens with zero attached hydrogens (tertiary/aromatic N) is 2. The molecule has 0 aliphatic carbocycles. The Morgan fingerprint density at radius 3 is 2.75 bits per heavy atom. The molecule has 0 radical (unpaired) electrons. The number of benzene rings is 2. The third kappa shape index (κ3) is 8.18. The molecule has 0 bridgehead atoms. The molecule has 8 heteroatoms. The maximum absolute atomic E-state index is 13.1. The van der Waals surface area contributed by atoms with Crippen molar-refractivity contribution in [3.8, 4) is 11.5 Å². The number of aliphatic hydroxyl groups is 1. The van der Waals surface area contributed by atoms with Crippen molar-refractivity contribution in [2.24, 2.45) is 0 Å². The zero-order valence-corrected chi connectivity index (χ0v) is 20.9. The molecule has 0 saturated carbocycles. The molecule has 36 heavy (non-hydrogen) atoms. The van der Waals surface area contributed by atoms with Gasteiger partial charge in [0.15, 0.2) is 0 Å². The first-order valence-corrected chi connectivity index (χ1v) is 12.9. The Bertz CT molecular complexity index is 973. The molecule has 2 fully saturated rings. The van der Waals surface area contributed by atoms with Crippen LogP contribution in [0.4, 0.5) is 4.39 Å². The summed E-state index contributed by atoms with van der Waals surface area (Å²) in [5, 5.41) is 11.1. The normalized spacial score (nSPS) is 21.6. The van der Waals surface area contributed by atoms with Crippen molar-refractivity contribution in [1.29, 1.82) is 0 Å². The molecular formula is C28H37FN2O5. The van der Waals surface area contributed by atoms with Crippen LogP contribution in [0.25, 0.3) is 0 Å². The molecule has 1 N–H and O–H groups in total. The number of amides is 1. The third-order valence-corrected chi connectivity index (χ3v) is 6.58. The lowest BCUT2D eigenvalue weighted by Gasteiger charge is -2.30. The lowest BCUT2D eigenvalue weighted by molar-refractivity contribution is -0.130. The van der Waals surface area contributed by atoms with Crippen molar-refractivity contribution < 1.29 is 28.5 Å². The van der Waals surface area contributed by atoms with Crippen LogP contribution in [0.5, 0.6) is 11.5 Å². The van der Waals surface area contributed by atoms with Crippen molar-refractivity contribution in [1.82, 2.24) is 9.80 Å². The minimum Gasteiger partial charge on any atom is -0.494 e. The summed E-state index contributed by atoms with van der Waals surface area (Å²) in [7, 11) is 0. The second-order valence-corrected chi connectivity index (χ2v) is 9.77. The first-order valence-electron chi connectivity index (χ1n) is 12.9. The van der Waals surface area contributed by atoms with E-state index in [9.17, 15) is 14.3 Å². The smallest absolute Gasteiger partial charge is 0.222 e. The van der Waals surface area contributed by atoms with E-state index in [1.54, 1.807) is 12.1 Å². The average molecular weight is 501 g/mol. The summed E-state index contributed by atoms with van der Waals surface area (Å²) in [6, 6.07) is 13.7. The summed E-state index contributed by atoms with van der Waals surface area (Å²) in [6.07, 6.45) is 4.69. The van der Waals surface area contributed by atoms with Gasteiger partial charge >= 0.3 is 0 Å². The Morgan fingerprint density at radius 2 is 1.89 bits per heavy atom. The second kappa shape index (κ2) is 13.0. The van der Waals surface area contributed by atoms with Gasteiger partial charge in [-0.25, -0.2) is 4.39 Å². The lowest BCUT2D eigenvalue weighted by Crippen LogP contribution is -2.48. The van der Waals surface area contributed by atoms with E-state index in [1.807, 2.05) is 29.2 Å². The number of ether oxygens (including phenoxy) is 3. The van der Waals surface area contributed by atoms with Crippen molar-refractivity contribution in [2.45, 2.75) is 44.2 Å². The van der Waals surface area contributed by atoms with E-state index >= 15 is 0 Å². The lowest BCUT2D eigenvalue weighted by atomic mass is 10.1. The van der Waals surface area contributed by atoms with Gasteiger partial charge in [0.05, 0.1) is 19.8 Å². The van der Waals surface area contributed by atoms with E-state index in [2.05, 4.69) is 4.90 Å². The SMILES string of the molecule is O=C1CCCCCN1CCCOc1cccc(CN2CCOC[C@](O)(COc3ccc(F)cc3)C2)c1. The van der Waals surface area contributed by atoms with Crippen LogP contribution in [0.3, 0.4) is 0 Å². The monoisotopic (exact) mass is 500 g/mol. The average Bonchev–Trinajstić information content (AvgIpc) is 3.19. The van der Waals surface area contributed by atoms with Crippen LogP contribution in [-0.4, -0.2) is 79.0 Å². The van der Waals surface area contributed by atoms with E-state index in [1.165, 1.54) is 12.1 Å². The summed E-state index contributed by atoms with van der Waals surface area (Å²) in [5.41, 5.74) is -0.0945. The van der Waals surface area contributed by atoms with E-state index in [-0.39, 0.29) is 24.9 Å². The van der Waals surface area contributed by atoms with Crippen LogP contribution in [-0.2, 0) is 16.1 Å². The summed E-state index contributed by atoms with van der Waals surface area (Å²) < 4.78 is 30.5. The summed E-state index contributed by atoms with van der Waals surface area (Å²) in [4.78, 5) is 16.3. The molecule has 196 valence electrons. The number of halogens is 1. The van der Waals surface area contributed by atoms with Crippen LogP contribution in [0.1, 0.15) is 37.7 Å². The van der Waals surface area contributed by atoms with Crippen LogP contribution < -0.4 is 9.47 Å². The van der Waals surface area contributed by atoms with Gasteiger partial charge < -0.3 is 24.2 Å². The standard InChI is InChI=1S/C28H37FN2O5/c29-24-9-11-25(12-10-24)36-22-28(33)20-30(15-17-34-21-28)19-23-6-4-7-26(18-23)35-16-5-14-31-13-3-1-2-8-27(31)32/h4,6-7,9-12,18,33H,1-3,5,8,13-17,19-22H2/t28-/m0/s1. The Hall–Kier alpha value is -2.68. The summed E-state index contributed by atoms with van der Waals surface area (Å²) in [5.74, 6) is 1.24. The number of rotatable bonds is 10. The largest absolute Gasteiger partial charge is 0.494 e. The van der Waals surface area contributed by atoms with Crippen molar-refractivity contribution in [2.75, 3.05) is 52.6 Å². The molecule has 2 saturated heterocycles. The van der Waals surface area contributed by atoms with Gasteiger partial charge in [-0.3, -0.25) is 9.69 Å². The first kappa shape index (κ1) is 26.4. The van der Waals surface area contributed by atoms with Crippen molar-refractivity contribution >= 4 is 5.91 Å². The number of hydrogen-bond acceptors (Lipinski definition) is 6. The fourth-order valence-corrected chi connectivity index (χ4v) is 4.68. The molecular weight excluding hydrogens is 463 g/mol. The van der Waals surface area contributed by atoms with Gasteiger partial charge in [0, 0.05) is 39.1 Å². The number of hydrogen-bond donors (Lipinski definition) is 1. The fourth-order valence-electron chi connectivity index (χ4n) is 4.68. The minimum atomic E-state index is -1.18. The van der Waals surface area contributed by atoms with Crippen LogP contribution in [0.2, 0.25) is 0 Å². The molecule has 7 nitrogen and oxygen atoms in total. The highest BCUT2D eigenvalue weighted by atomic mass is 19.1. The fraction of sp³-hybridized carbons (Fsp3) is 0.536. The molecule has 0 aromatic heterocycles. The Kier molecular flexibility index (Phi) is 9.55. The molecule has 2 aliphatic rings. The van der Waals surface area contributed by atoms with Gasteiger partial charge in [-0.05, 0) is 61.2 Å². The Balaban J connectivity index is 1.25. The second-order valence-electron chi connectivity index (χ2n) is 9.77. The van der Waals surface area contributed by atoms with Gasteiger partial charge in [-0.2, -0.15) is 0 Å².